The zero-order valence-electron chi connectivity index (χ0n) is 13.5. The van der Waals surface area contributed by atoms with E-state index in [1.54, 1.807) is 4.68 Å². The van der Waals surface area contributed by atoms with E-state index < -0.39 is 0 Å². The molecule has 6 nitrogen and oxygen atoms in total. The number of benzene rings is 1. The number of nitrogens with zero attached hydrogens (tertiary/aromatic N) is 4. The van der Waals surface area contributed by atoms with Crippen LogP contribution in [0.4, 0.5) is 0 Å². The molecular formula is C15H22BrIN6. The molecule has 1 aromatic heterocycles. The average Bonchev–Trinajstić information content (AvgIpc) is 2.90. The minimum Gasteiger partial charge on any atom is -0.357 e. The standard InChI is InChI=1S/C15H21BrN6.HI/c1-4-17-15(18-9-14-19-10-20-22(14)3)21-11(2)12-7-5-6-8-13(12)16;/h5-8,10-11H,4,9H2,1-3H3,(H2,17,18,21);1H. The number of aryl methyl sites for hydroxylation is 1. The Hall–Kier alpha value is -1.16. The number of hydrogen-bond donors (Lipinski definition) is 2. The van der Waals surface area contributed by atoms with E-state index in [0.717, 1.165) is 22.8 Å². The Balaban J connectivity index is 0.00000264. The largest absolute Gasteiger partial charge is 0.357 e. The number of guanidine groups is 1. The quantitative estimate of drug-likeness (QED) is 0.382. The molecule has 0 aliphatic heterocycles. The van der Waals surface area contributed by atoms with E-state index in [2.05, 4.69) is 54.6 Å². The van der Waals surface area contributed by atoms with Crippen molar-refractivity contribution in [3.05, 3.63) is 46.5 Å². The smallest absolute Gasteiger partial charge is 0.192 e. The predicted octanol–water partition coefficient (Wildman–Crippen LogP) is 3.01. The third-order valence-corrected chi connectivity index (χ3v) is 3.98. The van der Waals surface area contributed by atoms with Gasteiger partial charge >= 0.3 is 0 Å². The van der Waals surface area contributed by atoms with Crippen LogP contribution in [0.5, 0.6) is 0 Å². The molecular weight excluding hydrogens is 471 g/mol. The third-order valence-electron chi connectivity index (χ3n) is 3.25. The van der Waals surface area contributed by atoms with Gasteiger partial charge in [-0.3, -0.25) is 4.68 Å². The Kier molecular flexibility index (Phi) is 8.53. The molecule has 1 heterocycles. The van der Waals surface area contributed by atoms with Crippen LogP contribution < -0.4 is 10.6 Å². The summed E-state index contributed by atoms with van der Waals surface area (Å²) in [6.07, 6.45) is 1.54. The molecule has 2 rings (SSSR count). The molecule has 0 saturated carbocycles. The van der Waals surface area contributed by atoms with Crippen LogP contribution in [0.3, 0.4) is 0 Å². The van der Waals surface area contributed by atoms with Crippen LogP contribution in [0.2, 0.25) is 0 Å². The second-order valence-corrected chi connectivity index (χ2v) is 5.74. The molecule has 2 N–H and O–H groups in total. The highest BCUT2D eigenvalue weighted by molar-refractivity contribution is 14.0. The molecule has 0 saturated heterocycles. The molecule has 0 aliphatic carbocycles. The maximum absolute atomic E-state index is 4.57. The first kappa shape index (κ1) is 19.9. The number of aromatic nitrogens is 3. The van der Waals surface area contributed by atoms with Gasteiger partial charge in [0.1, 0.15) is 18.7 Å². The van der Waals surface area contributed by atoms with Crippen LogP contribution in [0.15, 0.2) is 40.1 Å². The minimum absolute atomic E-state index is 0. The zero-order chi connectivity index (χ0) is 15.9. The molecule has 126 valence electrons. The van der Waals surface area contributed by atoms with Gasteiger partial charge in [0.15, 0.2) is 5.96 Å². The summed E-state index contributed by atoms with van der Waals surface area (Å²) in [6, 6.07) is 8.30. The van der Waals surface area contributed by atoms with Gasteiger partial charge in [0, 0.05) is 18.1 Å². The van der Waals surface area contributed by atoms with Gasteiger partial charge in [0.25, 0.3) is 0 Å². The van der Waals surface area contributed by atoms with E-state index in [0.29, 0.717) is 6.54 Å². The number of nitrogens with one attached hydrogen (secondary N) is 2. The number of aliphatic imine (C=N–C) groups is 1. The summed E-state index contributed by atoms with van der Waals surface area (Å²) in [5, 5.41) is 10.7. The number of halogens is 2. The zero-order valence-corrected chi connectivity index (χ0v) is 17.4. The van der Waals surface area contributed by atoms with Crippen molar-refractivity contribution in [2.75, 3.05) is 6.54 Å². The Morgan fingerprint density at radius 3 is 2.74 bits per heavy atom. The summed E-state index contributed by atoms with van der Waals surface area (Å²) in [7, 11) is 1.86. The van der Waals surface area contributed by atoms with Crippen LogP contribution in [-0.4, -0.2) is 27.3 Å². The van der Waals surface area contributed by atoms with Gasteiger partial charge < -0.3 is 10.6 Å². The number of rotatable bonds is 5. The van der Waals surface area contributed by atoms with Crippen molar-refractivity contribution in [1.29, 1.82) is 0 Å². The Bertz CT molecular complexity index is 642. The topological polar surface area (TPSA) is 67.1 Å². The lowest BCUT2D eigenvalue weighted by Crippen LogP contribution is -2.38. The van der Waals surface area contributed by atoms with E-state index in [9.17, 15) is 0 Å². The Labute approximate surface area is 162 Å². The van der Waals surface area contributed by atoms with Crippen molar-refractivity contribution in [2.24, 2.45) is 12.0 Å². The fraction of sp³-hybridized carbons (Fsp3) is 0.400. The van der Waals surface area contributed by atoms with E-state index in [1.165, 1.54) is 11.9 Å². The normalized spacial score (nSPS) is 12.4. The van der Waals surface area contributed by atoms with Crippen LogP contribution in [-0.2, 0) is 13.6 Å². The van der Waals surface area contributed by atoms with Crippen molar-refractivity contribution in [2.45, 2.75) is 26.4 Å². The Morgan fingerprint density at radius 2 is 2.13 bits per heavy atom. The molecule has 0 fully saturated rings. The van der Waals surface area contributed by atoms with Crippen LogP contribution in [0.1, 0.15) is 31.3 Å². The van der Waals surface area contributed by atoms with Crippen molar-refractivity contribution >= 4 is 45.9 Å². The number of hydrogen-bond acceptors (Lipinski definition) is 3. The van der Waals surface area contributed by atoms with Gasteiger partial charge in [-0.25, -0.2) is 9.98 Å². The summed E-state index contributed by atoms with van der Waals surface area (Å²) in [5.41, 5.74) is 1.19. The maximum atomic E-state index is 4.57. The molecule has 1 aromatic carbocycles. The molecule has 0 spiro atoms. The molecule has 0 aliphatic rings. The highest BCUT2D eigenvalue weighted by atomic mass is 127. The van der Waals surface area contributed by atoms with Gasteiger partial charge in [-0.1, -0.05) is 34.1 Å². The molecule has 8 heteroatoms. The van der Waals surface area contributed by atoms with E-state index in [-0.39, 0.29) is 30.0 Å². The van der Waals surface area contributed by atoms with Gasteiger partial charge in [-0.15, -0.1) is 24.0 Å². The molecule has 23 heavy (non-hydrogen) atoms. The second kappa shape index (κ2) is 9.86. The highest BCUT2D eigenvalue weighted by Gasteiger charge is 2.10. The first-order valence-corrected chi connectivity index (χ1v) is 8.03. The molecule has 0 radical (unpaired) electrons. The molecule has 0 amide bonds. The summed E-state index contributed by atoms with van der Waals surface area (Å²) >= 11 is 3.58. The summed E-state index contributed by atoms with van der Waals surface area (Å²) in [4.78, 5) is 8.75. The first-order chi connectivity index (χ1) is 10.6. The monoisotopic (exact) mass is 492 g/mol. The molecule has 2 aromatic rings. The van der Waals surface area contributed by atoms with Gasteiger partial charge in [0.2, 0.25) is 0 Å². The fourth-order valence-corrected chi connectivity index (χ4v) is 2.67. The summed E-state index contributed by atoms with van der Waals surface area (Å²) < 4.78 is 2.81. The predicted molar refractivity (Wildman–Crippen MR) is 107 cm³/mol. The van der Waals surface area contributed by atoms with Crippen molar-refractivity contribution < 1.29 is 0 Å². The van der Waals surface area contributed by atoms with Crippen molar-refractivity contribution in [3.63, 3.8) is 0 Å². The molecule has 1 unspecified atom stereocenters. The Morgan fingerprint density at radius 1 is 1.39 bits per heavy atom. The third kappa shape index (κ3) is 5.76. The summed E-state index contributed by atoms with van der Waals surface area (Å²) in [5.74, 6) is 1.58. The van der Waals surface area contributed by atoms with Gasteiger partial charge in [-0.05, 0) is 25.5 Å². The summed E-state index contributed by atoms with van der Waals surface area (Å²) in [6.45, 7) is 5.43. The molecule has 1 atom stereocenters. The highest BCUT2D eigenvalue weighted by Crippen LogP contribution is 2.22. The van der Waals surface area contributed by atoms with Crippen LogP contribution in [0.25, 0.3) is 0 Å². The van der Waals surface area contributed by atoms with Crippen molar-refractivity contribution in [1.82, 2.24) is 25.4 Å². The second-order valence-electron chi connectivity index (χ2n) is 4.88. The van der Waals surface area contributed by atoms with Gasteiger partial charge in [-0.2, -0.15) is 5.10 Å². The molecule has 0 bridgehead atoms. The van der Waals surface area contributed by atoms with Crippen molar-refractivity contribution in [3.8, 4) is 0 Å². The SMILES string of the molecule is CCNC(=NCc1ncnn1C)NC(C)c1ccccc1Br.I. The van der Waals surface area contributed by atoms with E-state index in [1.807, 2.05) is 32.2 Å². The van der Waals surface area contributed by atoms with E-state index >= 15 is 0 Å². The van der Waals surface area contributed by atoms with E-state index in [4.69, 9.17) is 0 Å². The lowest BCUT2D eigenvalue weighted by atomic mass is 10.1. The fourth-order valence-electron chi connectivity index (χ4n) is 2.04. The lowest BCUT2D eigenvalue weighted by molar-refractivity contribution is 0.671. The van der Waals surface area contributed by atoms with Crippen LogP contribution >= 0.6 is 39.9 Å². The first-order valence-electron chi connectivity index (χ1n) is 7.24. The van der Waals surface area contributed by atoms with Gasteiger partial charge in [0.05, 0.1) is 6.04 Å². The minimum atomic E-state index is 0. The average molecular weight is 493 g/mol. The maximum Gasteiger partial charge on any atom is 0.192 e. The van der Waals surface area contributed by atoms with Crippen LogP contribution in [0, 0.1) is 0 Å². The lowest BCUT2D eigenvalue weighted by Gasteiger charge is -2.19.